The van der Waals surface area contributed by atoms with E-state index in [2.05, 4.69) is 9.98 Å². The van der Waals surface area contributed by atoms with Gasteiger partial charge in [-0.1, -0.05) is 23.7 Å². The molecule has 4 aromatic rings. The van der Waals surface area contributed by atoms with Crippen molar-refractivity contribution in [1.82, 2.24) is 4.98 Å². The van der Waals surface area contributed by atoms with Gasteiger partial charge in [-0.25, -0.2) is 9.59 Å². The second-order valence-electron chi connectivity index (χ2n) is 7.83. The molecule has 6 nitrogen and oxygen atoms in total. The van der Waals surface area contributed by atoms with Gasteiger partial charge >= 0.3 is 11.9 Å². The zero-order chi connectivity index (χ0) is 26.2. The van der Waals surface area contributed by atoms with Crippen LogP contribution >= 0.6 is 11.6 Å². The van der Waals surface area contributed by atoms with Gasteiger partial charge < -0.3 is 9.47 Å². The minimum absolute atomic E-state index is 0.124. The molecule has 37 heavy (non-hydrogen) atoms. The molecule has 0 aliphatic rings. The predicted molar refractivity (Wildman–Crippen MR) is 145 cm³/mol. The molecule has 184 valence electrons. The second kappa shape index (κ2) is 11.9. The Hall–Kier alpha value is -4.55. The molecule has 7 heteroatoms. The van der Waals surface area contributed by atoms with Crippen LogP contribution in [0.15, 0.2) is 102 Å². The number of esters is 2. The monoisotopic (exact) mass is 510 g/mol. The summed E-state index contributed by atoms with van der Waals surface area (Å²) in [6.45, 7) is 3.74. The first-order chi connectivity index (χ1) is 18.0. The van der Waals surface area contributed by atoms with Crippen LogP contribution in [0.2, 0.25) is 5.02 Å². The average molecular weight is 511 g/mol. The van der Waals surface area contributed by atoms with E-state index in [-0.39, 0.29) is 16.1 Å². The van der Waals surface area contributed by atoms with Gasteiger partial charge in [0.15, 0.2) is 0 Å². The maximum absolute atomic E-state index is 12.8. The van der Waals surface area contributed by atoms with Crippen molar-refractivity contribution in [3.8, 4) is 22.8 Å². The average Bonchev–Trinajstić information content (AvgIpc) is 2.93. The fraction of sp³-hybridized carbons (Fsp3) is 0.0667. The molecule has 0 saturated carbocycles. The van der Waals surface area contributed by atoms with Crippen molar-refractivity contribution < 1.29 is 19.1 Å². The highest BCUT2D eigenvalue weighted by Crippen LogP contribution is 2.24. The summed E-state index contributed by atoms with van der Waals surface area (Å²) in [5, 5.41) is 0.206. The quantitative estimate of drug-likeness (QED) is 0.148. The molecular weight excluding hydrogens is 488 g/mol. The zero-order valence-corrected chi connectivity index (χ0v) is 21.0. The Morgan fingerprint density at radius 2 is 1.38 bits per heavy atom. The van der Waals surface area contributed by atoms with Crippen molar-refractivity contribution in [1.29, 1.82) is 0 Å². The summed E-state index contributed by atoms with van der Waals surface area (Å²) >= 11 is 6.19. The number of pyridine rings is 1. The molecule has 4 rings (SSSR count). The molecule has 0 N–H and O–H groups in total. The first kappa shape index (κ1) is 25.5. The zero-order valence-electron chi connectivity index (χ0n) is 20.2. The van der Waals surface area contributed by atoms with Crippen LogP contribution < -0.4 is 9.47 Å². The van der Waals surface area contributed by atoms with E-state index in [0.29, 0.717) is 11.5 Å². The summed E-state index contributed by atoms with van der Waals surface area (Å²) < 4.78 is 11.0. The Morgan fingerprint density at radius 1 is 0.784 bits per heavy atom. The van der Waals surface area contributed by atoms with Crippen LogP contribution in [0.25, 0.3) is 17.0 Å². The van der Waals surface area contributed by atoms with E-state index in [1.54, 1.807) is 36.7 Å². The molecule has 0 fully saturated rings. The van der Waals surface area contributed by atoms with Crippen LogP contribution in [-0.4, -0.2) is 23.1 Å². The number of allylic oxidation sites excluding steroid dienone is 1. The number of hydrogen-bond donors (Lipinski definition) is 0. The van der Waals surface area contributed by atoms with Crippen LogP contribution in [0.1, 0.15) is 40.1 Å². The van der Waals surface area contributed by atoms with Crippen LogP contribution in [0.3, 0.4) is 0 Å². The SMILES string of the molecule is CC=N/C(=C\C)c1ccc(OC(=O)c2cc(Cl)cc(C(=O)Oc3ccc(-c4ccccn4)cc3)c2)cc1. The van der Waals surface area contributed by atoms with E-state index in [1.165, 1.54) is 18.2 Å². The number of rotatable bonds is 7. The molecule has 0 saturated heterocycles. The Balaban J connectivity index is 1.45. The fourth-order valence-corrected chi connectivity index (χ4v) is 3.77. The Labute approximate surface area is 219 Å². The van der Waals surface area contributed by atoms with Gasteiger partial charge in [-0.2, -0.15) is 0 Å². The highest BCUT2D eigenvalue weighted by Gasteiger charge is 2.16. The molecule has 0 amide bonds. The lowest BCUT2D eigenvalue weighted by molar-refractivity contribution is 0.0734. The molecule has 0 bridgehead atoms. The molecule has 0 atom stereocenters. The number of halogens is 1. The van der Waals surface area contributed by atoms with E-state index < -0.39 is 11.9 Å². The second-order valence-corrected chi connectivity index (χ2v) is 8.27. The smallest absolute Gasteiger partial charge is 0.343 e. The first-order valence-electron chi connectivity index (χ1n) is 11.5. The maximum Gasteiger partial charge on any atom is 0.343 e. The van der Waals surface area contributed by atoms with Crippen LogP contribution in [0, 0.1) is 0 Å². The van der Waals surface area contributed by atoms with Gasteiger partial charge in [-0.05, 0) is 92.7 Å². The third-order valence-corrected chi connectivity index (χ3v) is 5.52. The third kappa shape index (κ3) is 6.57. The summed E-state index contributed by atoms with van der Waals surface area (Å²) in [5.74, 6) is -0.604. The molecule has 1 heterocycles. The summed E-state index contributed by atoms with van der Waals surface area (Å²) in [6, 6.07) is 23.8. The number of carbonyl (C=O) groups excluding carboxylic acids is 2. The number of ether oxygens (including phenoxy) is 2. The summed E-state index contributed by atoms with van der Waals surface area (Å²) in [4.78, 5) is 34.2. The van der Waals surface area contributed by atoms with Gasteiger partial charge in [0, 0.05) is 28.6 Å². The van der Waals surface area contributed by atoms with E-state index in [9.17, 15) is 9.59 Å². The Kier molecular flexibility index (Phi) is 8.23. The lowest BCUT2D eigenvalue weighted by Crippen LogP contribution is -2.13. The largest absolute Gasteiger partial charge is 0.423 e. The number of hydrogen-bond acceptors (Lipinski definition) is 6. The summed E-state index contributed by atoms with van der Waals surface area (Å²) in [6.07, 6.45) is 5.31. The van der Waals surface area contributed by atoms with Gasteiger partial charge in [0.05, 0.1) is 22.5 Å². The van der Waals surface area contributed by atoms with E-state index in [1.807, 2.05) is 62.4 Å². The molecule has 0 radical (unpaired) electrons. The fourth-order valence-electron chi connectivity index (χ4n) is 3.53. The minimum Gasteiger partial charge on any atom is -0.423 e. The van der Waals surface area contributed by atoms with E-state index in [4.69, 9.17) is 21.1 Å². The lowest BCUT2D eigenvalue weighted by atomic mass is 10.1. The lowest BCUT2D eigenvalue weighted by Gasteiger charge is -2.09. The number of nitrogens with zero attached hydrogens (tertiary/aromatic N) is 2. The third-order valence-electron chi connectivity index (χ3n) is 5.30. The summed E-state index contributed by atoms with van der Waals surface area (Å²) in [5.41, 5.74) is 3.65. The Morgan fingerprint density at radius 3 is 1.89 bits per heavy atom. The van der Waals surface area contributed by atoms with Gasteiger partial charge in [-0.3, -0.25) is 9.98 Å². The van der Waals surface area contributed by atoms with Gasteiger partial charge in [0.25, 0.3) is 0 Å². The van der Waals surface area contributed by atoms with Gasteiger partial charge in [0.2, 0.25) is 0 Å². The van der Waals surface area contributed by atoms with Crippen molar-refractivity contribution in [3.05, 3.63) is 119 Å². The standard InChI is InChI=1S/C30H23ClN2O4/c1-3-27(32-4-2)20-8-12-25(13-9-20)36-29(34)22-17-23(19-24(31)18-22)30(35)37-26-14-10-21(11-15-26)28-7-5-6-16-33-28/h3-19H,1-2H3/b27-3-,32-4?. The number of aliphatic imine (C=N–C) groups is 1. The number of aromatic nitrogens is 1. The minimum atomic E-state index is -0.651. The molecule has 0 aliphatic heterocycles. The van der Waals surface area contributed by atoms with Crippen molar-refractivity contribution in [3.63, 3.8) is 0 Å². The number of carbonyl (C=O) groups is 2. The normalized spacial score (nSPS) is 11.4. The Bertz CT molecular complexity index is 1460. The molecule has 0 spiro atoms. The van der Waals surface area contributed by atoms with Crippen LogP contribution in [0.4, 0.5) is 0 Å². The van der Waals surface area contributed by atoms with Gasteiger partial charge in [-0.15, -0.1) is 0 Å². The van der Waals surface area contributed by atoms with Crippen molar-refractivity contribution in [2.45, 2.75) is 13.8 Å². The van der Waals surface area contributed by atoms with Crippen molar-refractivity contribution in [2.75, 3.05) is 0 Å². The maximum atomic E-state index is 12.8. The molecule has 0 aliphatic carbocycles. The number of benzene rings is 3. The molecular formula is C30H23ClN2O4. The van der Waals surface area contributed by atoms with E-state index in [0.717, 1.165) is 22.5 Å². The van der Waals surface area contributed by atoms with Crippen molar-refractivity contribution >= 4 is 35.5 Å². The van der Waals surface area contributed by atoms with Gasteiger partial charge in [0.1, 0.15) is 11.5 Å². The van der Waals surface area contributed by atoms with Crippen LogP contribution in [-0.2, 0) is 0 Å². The van der Waals surface area contributed by atoms with Crippen molar-refractivity contribution in [2.24, 2.45) is 4.99 Å². The molecule has 3 aromatic carbocycles. The first-order valence-corrected chi connectivity index (χ1v) is 11.9. The predicted octanol–water partition coefficient (Wildman–Crippen LogP) is 7.29. The highest BCUT2D eigenvalue weighted by atomic mass is 35.5. The topological polar surface area (TPSA) is 77.8 Å². The summed E-state index contributed by atoms with van der Waals surface area (Å²) in [7, 11) is 0. The van der Waals surface area contributed by atoms with E-state index >= 15 is 0 Å². The molecule has 1 aromatic heterocycles. The molecule has 0 unspecified atom stereocenters. The highest BCUT2D eigenvalue weighted by molar-refractivity contribution is 6.31. The van der Waals surface area contributed by atoms with Crippen LogP contribution in [0.5, 0.6) is 11.5 Å².